The predicted molar refractivity (Wildman–Crippen MR) is 105 cm³/mol. The van der Waals surface area contributed by atoms with Crippen LogP contribution in [0, 0.1) is 0 Å². The van der Waals surface area contributed by atoms with Crippen molar-refractivity contribution in [3.05, 3.63) is 0 Å². The number of rotatable bonds is 18. The third kappa shape index (κ3) is 11.6. The Bertz CT molecular complexity index is 248. The third-order valence-corrected chi connectivity index (χ3v) is 7.02. The van der Waals surface area contributed by atoms with Crippen molar-refractivity contribution >= 4 is 8.80 Å². The van der Waals surface area contributed by atoms with Crippen LogP contribution in [-0.2, 0) is 13.3 Å². The fraction of sp³-hybridized carbons (Fsp3) is 1.00. The highest BCUT2D eigenvalue weighted by Gasteiger charge is 2.39. The molecule has 0 aliphatic heterocycles. The highest BCUT2D eigenvalue weighted by atomic mass is 28.4. The van der Waals surface area contributed by atoms with Crippen LogP contribution in [0.5, 0.6) is 0 Å². The topological polar surface area (TPSA) is 43.0 Å². The van der Waals surface area contributed by atoms with E-state index in [2.05, 4.69) is 24.1 Å². The monoisotopic (exact) mass is 362 g/mol. The van der Waals surface area contributed by atoms with E-state index in [-0.39, 0.29) is 0 Å². The van der Waals surface area contributed by atoms with E-state index in [4.69, 9.17) is 13.3 Å². The molecule has 1 N–H and O–H groups in total. The molecule has 0 fully saturated rings. The SMILES string of the molecule is CCCN(CCC)CCNCCCC[Si](OCC)(OCC)OCC. The van der Waals surface area contributed by atoms with Gasteiger partial charge in [0.1, 0.15) is 0 Å². The first kappa shape index (κ1) is 24.0. The molecule has 5 nitrogen and oxygen atoms in total. The number of nitrogens with zero attached hydrogens (tertiary/aromatic N) is 1. The zero-order valence-electron chi connectivity index (χ0n) is 16.9. The minimum atomic E-state index is -2.44. The summed E-state index contributed by atoms with van der Waals surface area (Å²) >= 11 is 0. The van der Waals surface area contributed by atoms with Crippen LogP contribution in [0.15, 0.2) is 0 Å². The van der Waals surface area contributed by atoms with Crippen molar-refractivity contribution < 1.29 is 13.3 Å². The highest BCUT2D eigenvalue weighted by molar-refractivity contribution is 6.60. The maximum atomic E-state index is 5.89. The van der Waals surface area contributed by atoms with Crippen molar-refractivity contribution in [1.82, 2.24) is 10.2 Å². The van der Waals surface area contributed by atoms with Crippen molar-refractivity contribution in [2.45, 2.75) is 66.3 Å². The van der Waals surface area contributed by atoms with E-state index < -0.39 is 8.80 Å². The molecule has 0 aromatic rings. The molecule has 6 heteroatoms. The molecule has 0 rings (SSSR count). The first-order valence-electron chi connectivity index (χ1n) is 10.0. The van der Waals surface area contributed by atoms with E-state index >= 15 is 0 Å². The summed E-state index contributed by atoms with van der Waals surface area (Å²) in [7, 11) is -2.44. The molecule has 146 valence electrons. The molecule has 24 heavy (non-hydrogen) atoms. The minimum Gasteiger partial charge on any atom is -0.374 e. The van der Waals surface area contributed by atoms with Gasteiger partial charge in [-0.25, -0.2) is 0 Å². The van der Waals surface area contributed by atoms with E-state index in [0.29, 0.717) is 19.8 Å². The first-order chi connectivity index (χ1) is 11.7. The van der Waals surface area contributed by atoms with E-state index in [9.17, 15) is 0 Å². The number of unbranched alkanes of at least 4 members (excludes halogenated alkanes) is 1. The van der Waals surface area contributed by atoms with Crippen LogP contribution in [0.2, 0.25) is 6.04 Å². The Kier molecular flexibility index (Phi) is 16.5. The van der Waals surface area contributed by atoms with Crippen molar-refractivity contribution in [3.63, 3.8) is 0 Å². The van der Waals surface area contributed by atoms with Gasteiger partial charge in [-0.2, -0.15) is 0 Å². The second-order valence-corrected chi connectivity index (χ2v) is 8.76. The van der Waals surface area contributed by atoms with Crippen LogP contribution in [0.25, 0.3) is 0 Å². The second kappa shape index (κ2) is 16.5. The lowest BCUT2D eigenvalue weighted by molar-refractivity contribution is 0.0707. The highest BCUT2D eigenvalue weighted by Crippen LogP contribution is 2.19. The molecule has 0 saturated carbocycles. The van der Waals surface area contributed by atoms with E-state index in [1.165, 1.54) is 25.9 Å². The molecule has 0 amide bonds. The lowest BCUT2D eigenvalue weighted by Crippen LogP contribution is -2.46. The van der Waals surface area contributed by atoms with E-state index in [1.54, 1.807) is 0 Å². The summed E-state index contributed by atoms with van der Waals surface area (Å²) in [5.74, 6) is 0. The number of nitrogens with one attached hydrogen (secondary N) is 1. The summed E-state index contributed by atoms with van der Waals surface area (Å²) in [4.78, 5) is 2.55. The molecule has 0 aliphatic carbocycles. The largest absolute Gasteiger partial charge is 0.500 e. The van der Waals surface area contributed by atoms with Gasteiger partial charge >= 0.3 is 8.80 Å². The Morgan fingerprint density at radius 3 is 1.71 bits per heavy atom. The maximum absolute atomic E-state index is 5.89. The summed E-state index contributed by atoms with van der Waals surface area (Å²) in [6.45, 7) is 18.2. The number of hydrogen-bond donors (Lipinski definition) is 1. The summed E-state index contributed by atoms with van der Waals surface area (Å²) in [6.07, 6.45) is 4.70. The van der Waals surface area contributed by atoms with Crippen LogP contribution < -0.4 is 5.32 Å². The Labute approximate surface area is 151 Å². The van der Waals surface area contributed by atoms with Crippen LogP contribution in [0.3, 0.4) is 0 Å². The smallest absolute Gasteiger partial charge is 0.374 e. The zero-order chi connectivity index (χ0) is 18.1. The van der Waals surface area contributed by atoms with Crippen molar-refractivity contribution in [1.29, 1.82) is 0 Å². The van der Waals surface area contributed by atoms with Gasteiger partial charge in [-0.15, -0.1) is 0 Å². The lowest BCUT2D eigenvalue weighted by atomic mass is 10.3. The van der Waals surface area contributed by atoms with Crippen molar-refractivity contribution in [3.8, 4) is 0 Å². The fourth-order valence-corrected chi connectivity index (χ4v) is 5.61. The summed E-state index contributed by atoms with van der Waals surface area (Å²) in [5.41, 5.74) is 0. The standard InChI is InChI=1S/C18H42N2O3Si/c1-6-15-20(16-7-2)17-14-19-13-11-12-18-24(21-8-3,22-9-4)23-10-5/h19H,6-18H2,1-5H3. The maximum Gasteiger partial charge on any atom is 0.500 e. The van der Waals surface area contributed by atoms with Gasteiger partial charge in [0.05, 0.1) is 0 Å². The molecule has 0 spiro atoms. The average molecular weight is 363 g/mol. The Balaban J connectivity index is 3.91. The molecule has 0 radical (unpaired) electrons. The van der Waals surface area contributed by atoms with E-state index in [0.717, 1.165) is 38.5 Å². The van der Waals surface area contributed by atoms with Gasteiger partial charge in [0.15, 0.2) is 0 Å². The van der Waals surface area contributed by atoms with Gasteiger partial charge in [0.2, 0.25) is 0 Å². The van der Waals surface area contributed by atoms with Crippen LogP contribution in [-0.4, -0.2) is 66.2 Å². The predicted octanol–water partition coefficient (Wildman–Crippen LogP) is 3.53. The Morgan fingerprint density at radius 2 is 1.25 bits per heavy atom. The minimum absolute atomic E-state index is 0.662. The van der Waals surface area contributed by atoms with Crippen LogP contribution in [0.4, 0.5) is 0 Å². The molecular weight excluding hydrogens is 320 g/mol. The molecular formula is C18H42N2O3Si. The van der Waals surface area contributed by atoms with Gasteiger partial charge in [-0.3, -0.25) is 0 Å². The summed E-state index contributed by atoms with van der Waals surface area (Å²) < 4.78 is 17.7. The van der Waals surface area contributed by atoms with Gasteiger partial charge in [-0.1, -0.05) is 13.8 Å². The van der Waals surface area contributed by atoms with Gasteiger partial charge in [-0.05, 0) is 66.1 Å². The van der Waals surface area contributed by atoms with E-state index in [1.807, 2.05) is 20.8 Å². The average Bonchev–Trinajstić information content (AvgIpc) is 2.55. The second-order valence-electron chi connectivity index (χ2n) is 6.03. The Hall–Kier alpha value is 0.0169. The summed E-state index contributed by atoms with van der Waals surface area (Å²) in [6, 6.07) is 0.919. The molecule has 0 heterocycles. The quantitative estimate of drug-likeness (QED) is 0.298. The van der Waals surface area contributed by atoms with Crippen LogP contribution in [0.1, 0.15) is 60.3 Å². The number of hydrogen-bond acceptors (Lipinski definition) is 5. The Morgan fingerprint density at radius 1 is 0.708 bits per heavy atom. The third-order valence-electron chi connectivity index (χ3n) is 3.86. The molecule has 0 unspecified atom stereocenters. The lowest BCUT2D eigenvalue weighted by Gasteiger charge is -2.28. The van der Waals surface area contributed by atoms with Gasteiger partial charge in [0, 0.05) is 39.0 Å². The van der Waals surface area contributed by atoms with Gasteiger partial charge in [0.25, 0.3) is 0 Å². The molecule has 0 saturated heterocycles. The molecule has 0 atom stereocenters. The molecule has 0 aromatic carbocycles. The van der Waals surface area contributed by atoms with Gasteiger partial charge < -0.3 is 23.5 Å². The zero-order valence-corrected chi connectivity index (χ0v) is 17.9. The normalized spacial score (nSPS) is 12.2. The molecule has 0 aromatic heterocycles. The van der Waals surface area contributed by atoms with Crippen LogP contribution >= 0.6 is 0 Å². The van der Waals surface area contributed by atoms with Crippen molar-refractivity contribution in [2.24, 2.45) is 0 Å². The first-order valence-corrected chi connectivity index (χ1v) is 12.0. The molecule has 0 bridgehead atoms. The van der Waals surface area contributed by atoms with Crippen molar-refractivity contribution in [2.75, 3.05) is 52.5 Å². The molecule has 0 aliphatic rings. The summed E-state index contributed by atoms with van der Waals surface area (Å²) in [5, 5.41) is 3.57. The fourth-order valence-electron chi connectivity index (χ4n) is 2.92.